The first-order chi connectivity index (χ1) is 13.1. The summed E-state index contributed by atoms with van der Waals surface area (Å²) in [6.07, 6.45) is 0. The van der Waals surface area contributed by atoms with E-state index in [1.165, 1.54) is 7.11 Å². The molecule has 0 aromatic heterocycles. The summed E-state index contributed by atoms with van der Waals surface area (Å²) in [4.78, 5) is 24.5. The largest absolute Gasteiger partial charge is 0.497 e. The molecule has 0 unspecified atom stereocenters. The maximum Gasteiger partial charge on any atom is 0.344 e. The second kappa shape index (κ2) is 8.51. The van der Waals surface area contributed by atoms with Crippen LogP contribution in [-0.2, 0) is 0 Å². The quantitative estimate of drug-likeness (QED) is 0.464. The zero-order valence-electron chi connectivity index (χ0n) is 14.4. The van der Waals surface area contributed by atoms with E-state index in [2.05, 4.69) is 21.2 Å². The number of hydrogen-bond acceptors (Lipinski definition) is 4. The van der Waals surface area contributed by atoms with Gasteiger partial charge in [-0.15, -0.1) is 0 Å². The highest BCUT2D eigenvalue weighted by Crippen LogP contribution is 2.25. The third-order valence-electron chi connectivity index (χ3n) is 3.75. The predicted molar refractivity (Wildman–Crippen MR) is 106 cm³/mol. The molecule has 0 aliphatic rings. The van der Waals surface area contributed by atoms with E-state index in [1.54, 1.807) is 66.7 Å². The van der Waals surface area contributed by atoms with Crippen LogP contribution in [0.1, 0.15) is 20.7 Å². The van der Waals surface area contributed by atoms with E-state index < -0.39 is 5.97 Å². The summed E-state index contributed by atoms with van der Waals surface area (Å²) < 4.78 is 11.1. The lowest BCUT2D eigenvalue weighted by molar-refractivity contribution is 0.0733. The van der Waals surface area contributed by atoms with Crippen molar-refractivity contribution in [2.75, 3.05) is 12.4 Å². The van der Waals surface area contributed by atoms with Gasteiger partial charge in [-0.3, -0.25) is 4.79 Å². The van der Waals surface area contributed by atoms with Gasteiger partial charge in [0.15, 0.2) is 0 Å². The Hall–Kier alpha value is -3.12. The highest BCUT2D eigenvalue weighted by molar-refractivity contribution is 9.10. The minimum atomic E-state index is -0.512. The zero-order chi connectivity index (χ0) is 19.2. The molecular formula is C21H16BrNO4. The molecule has 0 radical (unpaired) electrons. The fourth-order valence-corrected chi connectivity index (χ4v) is 2.76. The molecule has 0 atom stereocenters. The number of hydrogen-bond donors (Lipinski definition) is 1. The molecule has 0 aliphatic carbocycles. The number of rotatable bonds is 5. The number of anilines is 1. The smallest absolute Gasteiger partial charge is 0.344 e. The fourth-order valence-electron chi connectivity index (χ4n) is 2.35. The summed E-state index contributed by atoms with van der Waals surface area (Å²) in [6.45, 7) is 0. The molecule has 0 saturated carbocycles. The van der Waals surface area contributed by atoms with Crippen molar-refractivity contribution in [1.29, 1.82) is 0 Å². The minimum Gasteiger partial charge on any atom is -0.497 e. The van der Waals surface area contributed by atoms with E-state index in [-0.39, 0.29) is 5.91 Å². The van der Waals surface area contributed by atoms with Gasteiger partial charge in [0.1, 0.15) is 11.5 Å². The Morgan fingerprint density at radius 2 is 1.56 bits per heavy atom. The Bertz CT molecular complexity index is 956. The Balaban J connectivity index is 1.67. The van der Waals surface area contributed by atoms with Gasteiger partial charge in [0, 0.05) is 15.7 Å². The normalized spacial score (nSPS) is 10.1. The first-order valence-electron chi connectivity index (χ1n) is 8.09. The zero-order valence-corrected chi connectivity index (χ0v) is 16.0. The Labute approximate surface area is 165 Å². The molecular weight excluding hydrogens is 410 g/mol. The predicted octanol–water partition coefficient (Wildman–Crippen LogP) is 4.93. The molecule has 3 aromatic rings. The molecule has 5 nitrogen and oxygen atoms in total. The summed E-state index contributed by atoms with van der Waals surface area (Å²) in [5.74, 6) is 0.207. The number of esters is 1. The third kappa shape index (κ3) is 4.74. The van der Waals surface area contributed by atoms with Crippen LogP contribution in [0.4, 0.5) is 5.69 Å². The van der Waals surface area contributed by atoms with Gasteiger partial charge < -0.3 is 14.8 Å². The van der Waals surface area contributed by atoms with Gasteiger partial charge >= 0.3 is 5.97 Å². The molecule has 3 aromatic carbocycles. The highest BCUT2D eigenvalue weighted by Gasteiger charge is 2.14. The van der Waals surface area contributed by atoms with E-state index in [0.29, 0.717) is 32.8 Å². The maximum atomic E-state index is 12.4. The van der Waals surface area contributed by atoms with Crippen LogP contribution < -0.4 is 14.8 Å². The van der Waals surface area contributed by atoms with Gasteiger partial charge in [-0.25, -0.2) is 4.79 Å². The number of ether oxygens (including phenoxy) is 2. The first kappa shape index (κ1) is 18.7. The van der Waals surface area contributed by atoms with E-state index in [9.17, 15) is 9.59 Å². The molecule has 136 valence electrons. The molecule has 0 aliphatic heterocycles. The van der Waals surface area contributed by atoms with Crippen molar-refractivity contribution in [3.63, 3.8) is 0 Å². The van der Waals surface area contributed by atoms with Crippen LogP contribution in [0.2, 0.25) is 0 Å². The van der Waals surface area contributed by atoms with E-state index in [1.807, 2.05) is 6.07 Å². The number of carbonyl (C=O) groups excluding carboxylic acids is 2. The lowest BCUT2D eigenvalue weighted by Crippen LogP contribution is -2.12. The molecule has 3 rings (SSSR count). The molecule has 0 saturated heterocycles. The highest BCUT2D eigenvalue weighted by atomic mass is 79.9. The van der Waals surface area contributed by atoms with Gasteiger partial charge in [0.2, 0.25) is 0 Å². The Morgan fingerprint density at radius 3 is 2.22 bits per heavy atom. The third-order valence-corrected chi connectivity index (χ3v) is 4.44. The Morgan fingerprint density at radius 1 is 0.889 bits per heavy atom. The molecule has 0 bridgehead atoms. The van der Waals surface area contributed by atoms with Crippen LogP contribution >= 0.6 is 15.9 Å². The van der Waals surface area contributed by atoms with Crippen LogP contribution in [0.5, 0.6) is 11.5 Å². The molecule has 0 fully saturated rings. The topological polar surface area (TPSA) is 64.6 Å². The van der Waals surface area contributed by atoms with Crippen molar-refractivity contribution in [2.24, 2.45) is 0 Å². The summed E-state index contributed by atoms with van der Waals surface area (Å²) in [6, 6.07) is 20.6. The minimum absolute atomic E-state index is 0.208. The van der Waals surface area contributed by atoms with Crippen LogP contribution in [0, 0.1) is 0 Å². The van der Waals surface area contributed by atoms with Crippen molar-refractivity contribution in [3.8, 4) is 11.5 Å². The summed E-state index contributed by atoms with van der Waals surface area (Å²) in [5.41, 5.74) is 1.53. The van der Waals surface area contributed by atoms with E-state index in [4.69, 9.17) is 9.47 Å². The van der Waals surface area contributed by atoms with Crippen molar-refractivity contribution < 1.29 is 19.1 Å². The standard InChI is InChI=1S/C21H16BrNO4/c1-26-17-11-12-19(22)18(13-17)21(25)27-16-9-7-15(8-10-16)23-20(24)14-5-3-2-4-6-14/h2-13H,1H3,(H,23,24). The lowest BCUT2D eigenvalue weighted by Gasteiger charge is -2.09. The van der Waals surface area contributed by atoms with Crippen LogP contribution in [0.25, 0.3) is 0 Å². The first-order valence-corrected chi connectivity index (χ1v) is 8.88. The second-order valence-corrected chi connectivity index (χ2v) is 6.43. The summed E-state index contributed by atoms with van der Waals surface area (Å²) >= 11 is 3.33. The molecule has 1 amide bonds. The van der Waals surface area contributed by atoms with Crippen LogP contribution in [0.15, 0.2) is 77.3 Å². The number of amides is 1. The monoisotopic (exact) mass is 425 g/mol. The van der Waals surface area contributed by atoms with Gasteiger partial charge in [0.25, 0.3) is 5.91 Å². The molecule has 1 N–H and O–H groups in total. The van der Waals surface area contributed by atoms with Crippen molar-refractivity contribution in [3.05, 3.63) is 88.4 Å². The number of halogens is 1. The molecule has 6 heteroatoms. The summed E-state index contributed by atoms with van der Waals surface area (Å²) in [5, 5.41) is 2.79. The molecule has 0 heterocycles. The number of methoxy groups -OCH3 is 1. The van der Waals surface area contributed by atoms with Crippen LogP contribution in [-0.4, -0.2) is 19.0 Å². The van der Waals surface area contributed by atoms with E-state index >= 15 is 0 Å². The number of carbonyl (C=O) groups is 2. The van der Waals surface area contributed by atoms with Gasteiger partial charge in [-0.1, -0.05) is 18.2 Å². The SMILES string of the molecule is COc1ccc(Br)c(C(=O)Oc2ccc(NC(=O)c3ccccc3)cc2)c1. The average Bonchev–Trinajstić information content (AvgIpc) is 2.70. The maximum absolute atomic E-state index is 12.4. The average molecular weight is 426 g/mol. The van der Waals surface area contributed by atoms with Gasteiger partial charge in [-0.05, 0) is 70.5 Å². The molecule has 27 heavy (non-hydrogen) atoms. The Kier molecular flexibility index (Phi) is 5.88. The van der Waals surface area contributed by atoms with Crippen LogP contribution in [0.3, 0.4) is 0 Å². The number of nitrogens with one attached hydrogen (secondary N) is 1. The van der Waals surface area contributed by atoms with E-state index in [0.717, 1.165) is 0 Å². The lowest BCUT2D eigenvalue weighted by atomic mass is 10.2. The fraction of sp³-hybridized carbons (Fsp3) is 0.0476. The van der Waals surface area contributed by atoms with Gasteiger partial charge in [-0.2, -0.15) is 0 Å². The van der Waals surface area contributed by atoms with Gasteiger partial charge in [0.05, 0.1) is 12.7 Å². The summed E-state index contributed by atoms with van der Waals surface area (Å²) in [7, 11) is 1.53. The number of benzene rings is 3. The second-order valence-electron chi connectivity index (χ2n) is 5.58. The van der Waals surface area contributed by atoms with Crippen molar-refractivity contribution in [1.82, 2.24) is 0 Å². The molecule has 0 spiro atoms. The van der Waals surface area contributed by atoms with Crippen molar-refractivity contribution >= 4 is 33.5 Å². The van der Waals surface area contributed by atoms with Crippen molar-refractivity contribution in [2.45, 2.75) is 0 Å².